The summed E-state index contributed by atoms with van der Waals surface area (Å²) in [6.07, 6.45) is 50.4. The van der Waals surface area contributed by atoms with E-state index >= 15 is 0 Å². The van der Waals surface area contributed by atoms with Crippen LogP contribution in [0.2, 0.25) is 0 Å². The number of hydrogen-bond donors (Lipinski definition) is 1. The number of allylic oxidation sites excluding steroid dienone is 8. The molecule has 0 aliphatic heterocycles. The van der Waals surface area contributed by atoms with Crippen LogP contribution in [0.5, 0.6) is 0 Å². The number of carboxylic acid groups (broad SMARTS) is 1. The number of aliphatic carboxylic acids is 1. The molecule has 0 radical (unpaired) electrons. The molecule has 9 nitrogen and oxygen atoms in total. The fraction of sp³-hybridized carbons (Fsp3) is 0.792. The van der Waals surface area contributed by atoms with Crippen LogP contribution >= 0.6 is 0 Å². The SMILES string of the molecule is CC/C=C\C/C=C\C/C=C\C/C=C\CCCCCCCCCCCCCCCCC(=O)OC(COC(=O)CCCCCCCCCCCC)COC(OCC[N+](C)(C)C)C(=O)O. The van der Waals surface area contributed by atoms with Crippen LogP contribution in [-0.4, -0.2) is 87.4 Å². The van der Waals surface area contributed by atoms with Gasteiger partial charge in [-0.15, -0.1) is 0 Å². The van der Waals surface area contributed by atoms with E-state index in [1.54, 1.807) is 0 Å². The summed E-state index contributed by atoms with van der Waals surface area (Å²) in [5, 5.41) is 9.64. The first-order valence-electron chi connectivity index (χ1n) is 25.3. The molecule has 2 atom stereocenters. The number of carbonyl (C=O) groups excluding carboxylic acids is 2. The number of unbranched alkanes of at least 4 members (excludes halogenated alkanes) is 23. The first-order valence-corrected chi connectivity index (χ1v) is 25.3. The summed E-state index contributed by atoms with van der Waals surface area (Å²) in [6, 6.07) is 0. The van der Waals surface area contributed by atoms with Gasteiger partial charge in [0.1, 0.15) is 13.2 Å². The zero-order chi connectivity index (χ0) is 45.6. The van der Waals surface area contributed by atoms with Crippen LogP contribution < -0.4 is 0 Å². The molecule has 0 saturated heterocycles. The molecule has 2 unspecified atom stereocenters. The molecule has 0 aliphatic carbocycles. The molecule has 0 saturated carbocycles. The van der Waals surface area contributed by atoms with E-state index in [2.05, 4.69) is 62.5 Å². The molecule has 62 heavy (non-hydrogen) atoms. The van der Waals surface area contributed by atoms with E-state index in [-0.39, 0.29) is 32.2 Å². The summed E-state index contributed by atoms with van der Waals surface area (Å²) in [7, 11) is 5.96. The highest BCUT2D eigenvalue weighted by Gasteiger charge is 2.25. The minimum Gasteiger partial charge on any atom is -0.477 e. The maximum atomic E-state index is 12.8. The minimum atomic E-state index is -1.51. The summed E-state index contributed by atoms with van der Waals surface area (Å²) >= 11 is 0. The maximum Gasteiger partial charge on any atom is 0.361 e. The van der Waals surface area contributed by atoms with Crippen LogP contribution in [0.4, 0.5) is 0 Å². The average molecular weight is 875 g/mol. The standard InChI is InChI=1S/C53H95NO8/c1-6-8-10-12-14-16-18-19-20-21-22-23-24-25-26-27-28-29-30-31-32-33-34-36-38-40-42-44-51(56)62-49(48-61-53(52(57)58)59-46-45-54(3,4)5)47-60-50(55)43-41-39-37-35-17-15-13-11-9-7-2/h8,10,14,16,19-20,22-23,49,53H,6-7,9,11-13,15,17-18,21,24-48H2,1-5H3/p+1/b10-8-,16-14-,20-19-,23-22-. The number of esters is 2. The molecule has 0 bridgehead atoms. The largest absolute Gasteiger partial charge is 0.477 e. The van der Waals surface area contributed by atoms with Gasteiger partial charge in [-0.05, 0) is 51.4 Å². The molecule has 0 aromatic heterocycles. The van der Waals surface area contributed by atoms with Crippen LogP contribution in [0.25, 0.3) is 0 Å². The van der Waals surface area contributed by atoms with Crippen molar-refractivity contribution < 1.29 is 42.9 Å². The predicted octanol–water partition coefficient (Wildman–Crippen LogP) is 13.9. The highest BCUT2D eigenvalue weighted by atomic mass is 16.7. The lowest BCUT2D eigenvalue weighted by molar-refractivity contribution is -0.870. The third kappa shape index (κ3) is 45.3. The molecule has 0 fully saturated rings. The van der Waals surface area contributed by atoms with Crippen molar-refractivity contribution in [2.75, 3.05) is 47.5 Å². The number of hydrogen-bond acceptors (Lipinski definition) is 7. The molecule has 0 spiro atoms. The summed E-state index contributed by atoms with van der Waals surface area (Å²) < 4.78 is 22.8. The van der Waals surface area contributed by atoms with E-state index in [0.29, 0.717) is 17.4 Å². The van der Waals surface area contributed by atoms with Crippen molar-refractivity contribution >= 4 is 17.9 Å². The lowest BCUT2D eigenvalue weighted by atomic mass is 10.0. The Hall–Kier alpha value is -2.75. The third-order valence-electron chi connectivity index (χ3n) is 10.8. The molecule has 0 aliphatic rings. The number of quaternary nitrogens is 1. The van der Waals surface area contributed by atoms with Crippen molar-refractivity contribution in [3.05, 3.63) is 48.6 Å². The van der Waals surface area contributed by atoms with Crippen LogP contribution in [0.15, 0.2) is 48.6 Å². The van der Waals surface area contributed by atoms with Gasteiger partial charge in [0, 0.05) is 12.8 Å². The van der Waals surface area contributed by atoms with Gasteiger partial charge in [0.25, 0.3) is 6.29 Å². The van der Waals surface area contributed by atoms with Gasteiger partial charge in [-0.1, -0.05) is 197 Å². The monoisotopic (exact) mass is 875 g/mol. The Morgan fingerprint density at radius 3 is 1.37 bits per heavy atom. The number of likely N-dealkylation sites (N-methyl/N-ethyl adjacent to an activating group) is 1. The van der Waals surface area contributed by atoms with Gasteiger partial charge in [-0.25, -0.2) is 4.79 Å². The minimum absolute atomic E-state index is 0.180. The molecule has 1 N–H and O–H groups in total. The Kier molecular flexibility index (Phi) is 42.9. The van der Waals surface area contributed by atoms with Gasteiger partial charge in [0.15, 0.2) is 6.10 Å². The molecular formula is C53H96NO8+. The van der Waals surface area contributed by atoms with Crippen molar-refractivity contribution in [1.29, 1.82) is 0 Å². The fourth-order valence-electron chi connectivity index (χ4n) is 6.95. The summed E-state index contributed by atoms with van der Waals surface area (Å²) in [5.41, 5.74) is 0. The molecule has 0 heterocycles. The Morgan fingerprint density at radius 1 is 0.500 bits per heavy atom. The topological polar surface area (TPSA) is 108 Å². The highest BCUT2D eigenvalue weighted by Crippen LogP contribution is 2.16. The van der Waals surface area contributed by atoms with Gasteiger partial charge >= 0.3 is 17.9 Å². The van der Waals surface area contributed by atoms with Crippen molar-refractivity contribution in [3.63, 3.8) is 0 Å². The number of carboxylic acids is 1. The van der Waals surface area contributed by atoms with Crippen molar-refractivity contribution in [2.45, 2.75) is 225 Å². The molecule has 0 rings (SSSR count). The van der Waals surface area contributed by atoms with Crippen LogP contribution in [0.3, 0.4) is 0 Å². The highest BCUT2D eigenvalue weighted by molar-refractivity contribution is 5.71. The van der Waals surface area contributed by atoms with Gasteiger partial charge in [0.2, 0.25) is 0 Å². The van der Waals surface area contributed by atoms with E-state index in [1.165, 1.54) is 122 Å². The number of nitrogens with zero attached hydrogens (tertiary/aromatic N) is 1. The predicted molar refractivity (Wildman–Crippen MR) is 258 cm³/mol. The smallest absolute Gasteiger partial charge is 0.361 e. The zero-order valence-corrected chi connectivity index (χ0v) is 40.8. The van der Waals surface area contributed by atoms with Gasteiger partial charge in [-0.2, -0.15) is 0 Å². The summed E-state index contributed by atoms with van der Waals surface area (Å²) in [5.74, 6) is -2.00. The number of rotatable bonds is 46. The maximum absolute atomic E-state index is 12.8. The van der Waals surface area contributed by atoms with E-state index in [9.17, 15) is 19.5 Å². The molecule has 0 aromatic rings. The van der Waals surface area contributed by atoms with E-state index in [0.717, 1.165) is 64.2 Å². The Labute approximate surface area is 381 Å². The van der Waals surface area contributed by atoms with E-state index in [4.69, 9.17) is 18.9 Å². The first-order chi connectivity index (χ1) is 30.1. The Bertz CT molecular complexity index is 1160. The lowest BCUT2D eigenvalue weighted by Gasteiger charge is -2.25. The molecular weight excluding hydrogens is 779 g/mol. The molecule has 0 amide bonds. The van der Waals surface area contributed by atoms with Crippen LogP contribution in [0.1, 0.15) is 213 Å². The average Bonchev–Trinajstić information content (AvgIpc) is 3.23. The Balaban J connectivity index is 4.18. The Morgan fingerprint density at radius 2 is 0.919 bits per heavy atom. The second-order valence-electron chi connectivity index (χ2n) is 18.1. The number of ether oxygens (including phenoxy) is 4. The van der Waals surface area contributed by atoms with Crippen molar-refractivity contribution in [2.24, 2.45) is 0 Å². The molecule has 360 valence electrons. The van der Waals surface area contributed by atoms with Crippen molar-refractivity contribution in [1.82, 2.24) is 0 Å². The lowest BCUT2D eigenvalue weighted by Crippen LogP contribution is -2.40. The van der Waals surface area contributed by atoms with E-state index in [1.807, 2.05) is 21.1 Å². The second kappa shape index (κ2) is 44.8. The van der Waals surface area contributed by atoms with Crippen molar-refractivity contribution in [3.8, 4) is 0 Å². The molecule has 0 aromatic carbocycles. The zero-order valence-electron chi connectivity index (χ0n) is 40.8. The number of carbonyl (C=O) groups is 3. The summed E-state index contributed by atoms with van der Waals surface area (Å²) in [6.45, 7) is 4.75. The summed E-state index contributed by atoms with van der Waals surface area (Å²) in [4.78, 5) is 37.1. The van der Waals surface area contributed by atoms with Crippen LogP contribution in [0, 0.1) is 0 Å². The first kappa shape index (κ1) is 59.2. The van der Waals surface area contributed by atoms with Crippen LogP contribution in [-0.2, 0) is 33.3 Å². The fourth-order valence-corrected chi connectivity index (χ4v) is 6.95. The second-order valence-corrected chi connectivity index (χ2v) is 18.1. The van der Waals surface area contributed by atoms with Gasteiger partial charge in [-0.3, -0.25) is 9.59 Å². The van der Waals surface area contributed by atoms with Gasteiger partial charge < -0.3 is 28.5 Å². The molecule has 9 heteroatoms. The van der Waals surface area contributed by atoms with Gasteiger partial charge in [0.05, 0.1) is 34.4 Å². The third-order valence-corrected chi connectivity index (χ3v) is 10.8. The van der Waals surface area contributed by atoms with E-state index < -0.39 is 24.3 Å². The quantitative estimate of drug-likeness (QED) is 0.0212. The normalized spacial score (nSPS) is 13.2.